The Hall–Kier alpha value is -3.58. The summed E-state index contributed by atoms with van der Waals surface area (Å²) in [5, 5.41) is 27.0. The molecular formula is C26H37N5O7S. The van der Waals surface area contributed by atoms with Crippen molar-refractivity contribution < 1.29 is 34.2 Å². The third kappa shape index (κ3) is 9.59. The number of amides is 3. The summed E-state index contributed by atoms with van der Waals surface area (Å²) in [6.07, 6.45) is 3.37. The number of fused-ring (bicyclic) bond motifs is 1. The number of aliphatic carboxylic acids is 2. The number of nitrogens with one attached hydrogen (secondary N) is 4. The Morgan fingerprint density at radius 1 is 0.949 bits per heavy atom. The molecule has 0 fully saturated rings. The number of carbonyl (C=O) groups is 5. The molecule has 0 aliphatic rings. The Morgan fingerprint density at radius 3 is 2.18 bits per heavy atom. The third-order valence-electron chi connectivity index (χ3n) is 6.21. The molecule has 3 amide bonds. The van der Waals surface area contributed by atoms with Crippen LogP contribution in [0.1, 0.15) is 38.7 Å². The van der Waals surface area contributed by atoms with Crippen molar-refractivity contribution in [1.29, 1.82) is 0 Å². The van der Waals surface area contributed by atoms with Crippen LogP contribution in [0.15, 0.2) is 30.5 Å². The van der Waals surface area contributed by atoms with Crippen molar-refractivity contribution in [2.75, 3.05) is 12.0 Å². The maximum Gasteiger partial charge on any atom is 0.326 e. The summed E-state index contributed by atoms with van der Waals surface area (Å²) in [5.41, 5.74) is 7.93. The quantitative estimate of drug-likeness (QED) is 0.154. The molecule has 2 rings (SSSR count). The summed E-state index contributed by atoms with van der Waals surface area (Å²) in [6.45, 7) is 3.22. The Labute approximate surface area is 230 Å². The van der Waals surface area contributed by atoms with Crippen molar-refractivity contribution in [2.45, 2.75) is 63.7 Å². The van der Waals surface area contributed by atoms with Crippen LogP contribution < -0.4 is 21.7 Å². The standard InChI is InChI=1S/C26H37N5O7S/c1-14(2)22(26(37)38)31-25(36)19(8-9-21(32)33)30-24(35)20(10-11-39-3)29-23(34)17(27)12-15-13-28-18-7-5-4-6-16(15)18/h4-7,13-14,17,19-20,22,28H,8-12,27H2,1-3H3,(H,29,34)(H,30,35)(H,31,36)(H,32,33)(H,37,38). The zero-order valence-corrected chi connectivity index (χ0v) is 23.0. The number of hydrogen-bond donors (Lipinski definition) is 7. The minimum absolute atomic E-state index is 0.224. The molecule has 0 aliphatic carbocycles. The van der Waals surface area contributed by atoms with Crippen LogP contribution in [-0.4, -0.2) is 81.0 Å². The minimum atomic E-state index is -1.32. The topological polar surface area (TPSA) is 204 Å². The first-order valence-corrected chi connectivity index (χ1v) is 14.0. The molecule has 4 unspecified atom stereocenters. The van der Waals surface area contributed by atoms with E-state index in [2.05, 4.69) is 20.9 Å². The summed E-state index contributed by atoms with van der Waals surface area (Å²) in [7, 11) is 0. The highest BCUT2D eigenvalue weighted by Gasteiger charge is 2.31. The van der Waals surface area contributed by atoms with E-state index in [0.717, 1.165) is 16.5 Å². The van der Waals surface area contributed by atoms with E-state index in [1.54, 1.807) is 20.0 Å². The van der Waals surface area contributed by atoms with Crippen LogP contribution in [0.25, 0.3) is 10.9 Å². The predicted molar refractivity (Wildman–Crippen MR) is 148 cm³/mol. The zero-order valence-electron chi connectivity index (χ0n) is 22.2. The second kappa shape index (κ2) is 15.1. The van der Waals surface area contributed by atoms with Gasteiger partial charge in [0, 0.05) is 23.5 Å². The number of carboxylic acids is 2. The maximum absolute atomic E-state index is 13.2. The Balaban J connectivity index is 2.14. The largest absolute Gasteiger partial charge is 0.481 e. The van der Waals surface area contributed by atoms with Gasteiger partial charge in [-0.2, -0.15) is 11.8 Å². The molecule has 4 atom stereocenters. The van der Waals surface area contributed by atoms with Gasteiger partial charge >= 0.3 is 11.9 Å². The molecule has 0 spiro atoms. The van der Waals surface area contributed by atoms with Gasteiger partial charge in [-0.05, 0) is 48.8 Å². The van der Waals surface area contributed by atoms with Crippen molar-refractivity contribution in [2.24, 2.45) is 11.7 Å². The molecule has 0 aliphatic heterocycles. The van der Waals surface area contributed by atoms with Crippen molar-refractivity contribution in [3.05, 3.63) is 36.0 Å². The zero-order chi connectivity index (χ0) is 29.1. The lowest BCUT2D eigenvalue weighted by atomic mass is 10.0. The number of benzene rings is 1. The number of carboxylic acid groups (broad SMARTS) is 2. The normalized spacial score (nSPS) is 14.3. The average Bonchev–Trinajstić information content (AvgIpc) is 3.29. The number of thioether (sulfide) groups is 1. The van der Waals surface area contributed by atoms with E-state index in [-0.39, 0.29) is 19.3 Å². The molecule has 0 saturated carbocycles. The lowest BCUT2D eigenvalue weighted by molar-refractivity contribution is -0.144. The Kier molecular flexibility index (Phi) is 12.3. The molecule has 0 radical (unpaired) electrons. The average molecular weight is 564 g/mol. The number of para-hydroxylation sites is 1. The van der Waals surface area contributed by atoms with Gasteiger partial charge in [-0.25, -0.2) is 4.79 Å². The molecule has 1 aromatic heterocycles. The summed E-state index contributed by atoms with van der Waals surface area (Å²) < 4.78 is 0. The van der Waals surface area contributed by atoms with E-state index in [4.69, 9.17) is 10.8 Å². The molecule has 1 aromatic carbocycles. The van der Waals surface area contributed by atoms with Gasteiger partial charge in [-0.15, -0.1) is 0 Å². The highest BCUT2D eigenvalue weighted by Crippen LogP contribution is 2.19. The van der Waals surface area contributed by atoms with Crippen LogP contribution in [0.3, 0.4) is 0 Å². The molecule has 12 nitrogen and oxygen atoms in total. The number of nitrogens with two attached hydrogens (primary N) is 1. The summed E-state index contributed by atoms with van der Waals surface area (Å²) in [5.74, 6) is -4.45. The second-order valence-electron chi connectivity index (χ2n) is 9.57. The van der Waals surface area contributed by atoms with Crippen molar-refractivity contribution in [1.82, 2.24) is 20.9 Å². The molecule has 1 heterocycles. The van der Waals surface area contributed by atoms with Gasteiger partial charge in [-0.1, -0.05) is 32.0 Å². The second-order valence-corrected chi connectivity index (χ2v) is 10.6. The first-order valence-electron chi connectivity index (χ1n) is 12.6. The minimum Gasteiger partial charge on any atom is -0.481 e. The molecule has 0 saturated heterocycles. The van der Waals surface area contributed by atoms with Crippen molar-refractivity contribution in [3.63, 3.8) is 0 Å². The van der Waals surface area contributed by atoms with Gasteiger partial charge in [-0.3, -0.25) is 19.2 Å². The van der Waals surface area contributed by atoms with Crippen LogP contribution in [0.5, 0.6) is 0 Å². The predicted octanol–water partition coefficient (Wildman–Crippen LogP) is 0.851. The van der Waals surface area contributed by atoms with Crippen molar-refractivity contribution in [3.8, 4) is 0 Å². The van der Waals surface area contributed by atoms with E-state index in [1.807, 2.05) is 30.5 Å². The number of rotatable bonds is 16. The fourth-order valence-electron chi connectivity index (χ4n) is 3.99. The highest BCUT2D eigenvalue weighted by atomic mass is 32.2. The summed E-state index contributed by atoms with van der Waals surface area (Å²) >= 11 is 1.45. The number of hydrogen-bond acceptors (Lipinski definition) is 7. The smallest absolute Gasteiger partial charge is 0.326 e. The molecule has 214 valence electrons. The van der Waals surface area contributed by atoms with Crippen LogP contribution >= 0.6 is 11.8 Å². The van der Waals surface area contributed by atoms with Gasteiger partial charge in [0.1, 0.15) is 18.1 Å². The SMILES string of the molecule is CSCCC(NC(=O)C(N)Cc1c[nH]c2ccccc12)C(=O)NC(CCC(=O)O)C(=O)NC(C(=O)O)C(C)C. The lowest BCUT2D eigenvalue weighted by Gasteiger charge is -2.26. The molecule has 39 heavy (non-hydrogen) atoms. The van der Waals surface area contributed by atoms with E-state index in [0.29, 0.717) is 5.75 Å². The molecule has 13 heteroatoms. The number of aromatic amines is 1. The van der Waals surface area contributed by atoms with Crippen LogP contribution in [0.2, 0.25) is 0 Å². The Bertz CT molecular complexity index is 1170. The maximum atomic E-state index is 13.2. The van der Waals surface area contributed by atoms with Crippen LogP contribution in [-0.2, 0) is 30.4 Å². The number of H-pyrrole nitrogens is 1. The van der Waals surface area contributed by atoms with Gasteiger partial charge in [0.15, 0.2) is 0 Å². The monoisotopic (exact) mass is 563 g/mol. The van der Waals surface area contributed by atoms with Gasteiger partial charge < -0.3 is 36.9 Å². The first-order chi connectivity index (χ1) is 18.4. The molecule has 2 aromatic rings. The van der Waals surface area contributed by atoms with Gasteiger partial charge in [0.05, 0.1) is 6.04 Å². The number of aromatic nitrogens is 1. The fraction of sp³-hybridized carbons (Fsp3) is 0.500. The van der Waals surface area contributed by atoms with E-state index >= 15 is 0 Å². The van der Waals surface area contributed by atoms with E-state index in [9.17, 15) is 29.1 Å². The lowest BCUT2D eigenvalue weighted by Crippen LogP contribution is -2.57. The van der Waals surface area contributed by atoms with Gasteiger partial charge in [0.25, 0.3) is 0 Å². The number of carbonyl (C=O) groups excluding carboxylic acids is 3. The van der Waals surface area contributed by atoms with E-state index in [1.165, 1.54) is 11.8 Å². The highest BCUT2D eigenvalue weighted by molar-refractivity contribution is 7.98. The molecular weight excluding hydrogens is 526 g/mol. The summed E-state index contributed by atoms with van der Waals surface area (Å²) in [4.78, 5) is 64.8. The Morgan fingerprint density at radius 2 is 1.56 bits per heavy atom. The van der Waals surface area contributed by atoms with Crippen LogP contribution in [0.4, 0.5) is 0 Å². The first kappa shape index (κ1) is 31.6. The molecule has 8 N–H and O–H groups in total. The third-order valence-corrected chi connectivity index (χ3v) is 6.85. The van der Waals surface area contributed by atoms with Gasteiger partial charge in [0.2, 0.25) is 17.7 Å². The van der Waals surface area contributed by atoms with E-state index < -0.39 is 66.2 Å². The van der Waals surface area contributed by atoms with Crippen molar-refractivity contribution >= 4 is 52.3 Å². The van der Waals surface area contributed by atoms with Crippen LogP contribution in [0, 0.1) is 5.92 Å². The summed E-state index contributed by atoms with van der Waals surface area (Å²) in [6, 6.07) is 3.05. The molecule has 0 bridgehead atoms. The fourth-order valence-corrected chi connectivity index (χ4v) is 4.46.